The molecule has 0 aliphatic heterocycles. The summed E-state index contributed by atoms with van der Waals surface area (Å²) >= 11 is 0. The van der Waals surface area contributed by atoms with E-state index in [4.69, 9.17) is 0 Å². The zero-order valence-corrected chi connectivity index (χ0v) is 8.52. The number of aliphatic hydroxyl groups excluding tert-OH is 1. The van der Waals surface area contributed by atoms with Gasteiger partial charge in [-0.15, -0.1) is 0 Å². The van der Waals surface area contributed by atoms with Crippen molar-refractivity contribution in [1.29, 1.82) is 0 Å². The minimum atomic E-state index is -0.0656. The van der Waals surface area contributed by atoms with Gasteiger partial charge in [-0.1, -0.05) is 12.2 Å². The summed E-state index contributed by atoms with van der Waals surface area (Å²) in [5, 5.41) is 12.9. The highest BCUT2D eigenvalue weighted by molar-refractivity contribution is 5.10. The molecule has 3 aliphatic rings. The molecule has 2 heteroatoms. The molecule has 2 nitrogen and oxygen atoms in total. The Balaban J connectivity index is 1.47. The van der Waals surface area contributed by atoms with Gasteiger partial charge in [-0.25, -0.2) is 0 Å². The highest BCUT2D eigenvalue weighted by atomic mass is 16.3. The van der Waals surface area contributed by atoms with E-state index in [2.05, 4.69) is 17.5 Å². The van der Waals surface area contributed by atoms with Gasteiger partial charge in [-0.3, -0.25) is 0 Å². The molecule has 2 saturated carbocycles. The van der Waals surface area contributed by atoms with E-state index in [9.17, 15) is 5.11 Å². The van der Waals surface area contributed by atoms with Crippen molar-refractivity contribution in [3.05, 3.63) is 12.2 Å². The largest absolute Gasteiger partial charge is 0.392 e. The van der Waals surface area contributed by atoms with Crippen LogP contribution < -0.4 is 5.32 Å². The summed E-state index contributed by atoms with van der Waals surface area (Å²) < 4.78 is 0. The Bertz CT molecular complexity index is 251. The van der Waals surface area contributed by atoms with Gasteiger partial charge < -0.3 is 10.4 Å². The summed E-state index contributed by atoms with van der Waals surface area (Å²) in [5.74, 6) is 2.56. The standard InChI is InChI=1S/C12H19NO/c14-12-4-3-11(12)13-7-10-6-8-1-2-9(10)5-8/h1-2,8-14H,3-7H2. The lowest BCUT2D eigenvalue weighted by atomic mass is 9.87. The van der Waals surface area contributed by atoms with E-state index in [1.165, 1.54) is 12.8 Å². The van der Waals surface area contributed by atoms with Crippen LogP contribution in [0, 0.1) is 17.8 Å². The van der Waals surface area contributed by atoms with Gasteiger partial charge in [0.1, 0.15) is 0 Å². The number of fused-ring (bicyclic) bond motifs is 2. The molecule has 2 N–H and O–H groups in total. The number of aliphatic hydroxyl groups is 1. The van der Waals surface area contributed by atoms with Crippen LogP contribution in [0.25, 0.3) is 0 Å². The fourth-order valence-electron chi connectivity index (χ4n) is 3.15. The predicted octanol–water partition coefficient (Wildman–Crippen LogP) is 1.31. The fourth-order valence-corrected chi connectivity index (χ4v) is 3.15. The molecule has 0 aromatic rings. The van der Waals surface area contributed by atoms with Gasteiger partial charge in [0, 0.05) is 6.04 Å². The van der Waals surface area contributed by atoms with Crippen molar-refractivity contribution < 1.29 is 5.11 Å². The first-order valence-electron chi connectivity index (χ1n) is 5.92. The van der Waals surface area contributed by atoms with Crippen LogP contribution in [0.3, 0.4) is 0 Å². The number of hydrogen-bond donors (Lipinski definition) is 2. The van der Waals surface area contributed by atoms with E-state index in [-0.39, 0.29) is 6.10 Å². The highest BCUT2D eigenvalue weighted by Crippen LogP contribution is 2.43. The molecular formula is C12H19NO. The van der Waals surface area contributed by atoms with E-state index in [0.717, 1.165) is 37.1 Å². The maximum Gasteiger partial charge on any atom is 0.0693 e. The quantitative estimate of drug-likeness (QED) is 0.662. The van der Waals surface area contributed by atoms with E-state index >= 15 is 0 Å². The Hall–Kier alpha value is -0.340. The molecule has 3 rings (SSSR count). The summed E-state index contributed by atoms with van der Waals surface area (Å²) in [6.07, 6.45) is 9.64. The van der Waals surface area contributed by atoms with Crippen molar-refractivity contribution in [3.63, 3.8) is 0 Å². The Morgan fingerprint density at radius 3 is 2.64 bits per heavy atom. The van der Waals surface area contributed by atoms with Crippen molar-refractivity contribution in [1.82, 2.24) is 5.32 Å². The van der Waals surface area contributed by atoms with Gasteiger partial charge in [0.15, 0.2) is 0 Å². The second kappa shape index (κ2) is 3.35. The van der Waals surface area contributed by atoms with E-state index in [1.54, 1.807) is 0 Å². The van der Waals surface area contributed by atoms with Gasteiger partial charge in [0.05, 0.1) is 6.10 Å². The molecule has 3 aliphatic carbocycles. The molecule has 2 fully saturated rings. The number of allylic oxidation sites excluding steroid dienone is 2. The molecule has 0 saturated heterocycles. The topological polar surface area (TPSA) is 32.3 Å². The number of rotatable bonds is 3. The zero-order valence-electron chi connectivity index (χ0n) is 8.52. The zero-order chi connectivity index (χ0) is 9.54. The molecule has 5 unspecified atom stereocenters. The summed E-state index contributed by atoms with van der Waals surface area (Å²) in [6.45, 7) is 1.12. The third-order valence-corrected chi connectivity index (χ3v) is 4.30. The van der Waals surface area contributed by atoms with Gasteiger partial charge in [0.2, 0.25) is 0 Å². The first-order valence-corrected chi connectivity index (χ1v) is 5.92. The predicted molar refractivity (Wildman–Crippen MR) is 55.9 cm³/mol. The molecular weight excluding hydrogens is 174 g/mol. The highest BCUT2D eigenvalue weighted by Gasteiger charge is 2.36. The number of hydrogen-bond acceptors (Lipinski definition) is 2. The van der Waals surface area contributed by atoms with Gasteiger partial charge in [-0.2, -0.15) is 0 Å². The average Bonchev–Trinajstić information content (AvgIpc) is 2.77. The van der Waals surface area contributed by atoms with Crippen molar-refractivity contribution in [2.45, 2.75) is 37.8 Å². The fraction of sp³-hybridized carbons (Fsp3) is 0.833. The van der Waals surface area contributed by atoms with Crippen molar-refractivity contribution >= 4 is 0 Å². The molecule has 0 aromatic carbocycles. The lowest BCUT2D eigenvalue weighted by molar-refractivity contribution is 0.0475. The molecule has 5 atom stereocenters. The third-order valence-electron chi connectivity index (χ3n) is 4.30. The first-order chi connectivity index (χ1) is 6.83. The van der Waals surface area contributed by atoms with Gasteiger partial charge in [-0.05, 0) is 50.0 Å². The normalized spacial score (nSPS) is 49.6. The van der Waals surface area contributed by atoms with Crippen LogP contribution in [-0.2, 0) is 0 Å². The average molecular weight is 193 g/mol. The molecule has 78 valence electrons. The molecule has 0 aromatic heterocycles. The van der Waals surface area contributed by atoms with Crippen LogP contribution in [0.2, 0.25) is 0 Å². The summed E-state index contributed by atoms with van der Waals surface area (Å²) in [4.78, 5) is 0. The van der Waals surface area contributed by atoms with Crippen LogP contribution in [-0.4, -0.2) is 23.8 Å². The molecule has 0 radical (unpaired) electrons. The first kappa shape index (κ1) is 8.93. The molecule has 14 heavy (non-hydrogen) atoms. The van der Waals surface area contributed by atoms with E-state index < -0.39 is 0 Å². The van der Waals surface area contributed by atoms with Crippen molar-refractivity contribution in [2.75, 3.05) is 6.54 Å². The van der Waals surface area contributed by atoms with Crippen LogP contribution in [0.4, 0.5) is 0 Å². The van der Waals surface area contributed by atoms with Crippen LogP contribution in [0.15, 0.2) is 12.2 Å². The van der Waals surface area contributed by atoms with Crippen molar-refractivity contribution in [3.8, 4) is 0 Å². The maximum absolute atomic E-state index is 9.44. The van der Waals surface area contributed by atoms with Crippen LogP contribution in [0.5, 0.6) is 0 Å². The lowest BCUT2D eigenvalue weighted by Gasteiger charge is -2.34. The van der Waals surface area contributed by atoms with Gasteiger partial charge >= 0.3 is 0 Å². The minimum Gasteiger partial charge on any atom is -0.392 e. The molecule has 0 spiro atoms. The maximum atomic E-state index is 9.44. The molecule has 0 heterocycles. The van der Waals surface area contributed by atoms with Gasteiger partial charge in [0.25, 0.3) is 0 Å². The summed E-state index contributed by atoms with van der Waals surface area (Å²) in [7, 11) is 0. The van der Waals surface area contributed by atoms with E-state index in [1.807, 2.05) is 0 Å². The Kier molecular flexibility index (Phi) is 2.14. The smallest absolute Gasteiger partial charge is 0.0693 e. The second-order valence-corrected chi connectivity index (χ2v) is 5.20. The molecule has 2 bridgehead atoms. The van der Waals surface area contributed by atoms with Crippen LogP contribution >= 0.6 is 0 Å². The Labute approximate surface area is 85.4 Å². The summed E-state index contributed by atoms with van der Waals surface area (Å²) in [6, 6.07) is 0.401. The lowest BCUT2D eigenvalue weighted by Crippen LogP contribution is -2.49. The number of nitrogens with one attached hydrogen (secondary N) is 1. The second-order valence-electron chi connectivity index (χ2n) is 5.20. The van der Waals surface area contributed by atoms with Crippen LogP contribution in [0.1, 0.15) is 25.7 Å². The monoisotopic (exact) mass is 193 g/mol. The third kappa shape index (κ3) is 1.41. The van der Waals surface area contributed by atoms with Crippen molar-refractivity contribution in [2.24, 2.45) is 17.8 Å². The SMILES string of the molecule is OC1CCC1NCC1CC2C=CC1C2. The minimum absolute atomic E-state index is 0.0656. The molecule has 0 amide bonds. The Morgan fingerprint density at radius 2 is 2.14 bits per heavy atom. The van der Waals surface area contributed by atoms with E-state index in [0.29, 0.717) is 6.04 Å². The Morgan fingerprint density at radius 1 is 1.21 bits per heavy atom. The summed E-state index contributed by atoms with van der Waals surface area (Å²) in [5.41, 5.74) is 0.